The summed E-state index contributed by atoms with van der Waals surface area (Å²) in [5, 5.41) is 24.5. The standard InChI is InChI=1S/C31H39ClO8/c1-16-20-11-12-21-26(39-18(3)34)30(20,15-29(21,6)36)14-25(38-17(2)33)31(37)22(16)13-24(28(31,4)5)40-27(35)19-9-7-8-10-23(19)32/h7-10,20-22,24-26,36-37H,1,11-15H2,2-6H3. The Hall–Kier alpha value is -2.42. The van der Waals surface area contributed by atoms with Crippen LogP contribution in [0.5, 0.6) is 0 Å². The van der Waals surface area contributed by atoms with Gasteiger partial charge in [-0.05, 0) is 57.1 Å². The second-order valence-corrected chi connectivity index (χ2v) is 13.5. The number of halogens is 1. The molecule has 0 radical (unpaired) electrons. The second-order valence-electron chi connectivity index (χ2n) is 13.1. The zero-order valence-electron chi connectivity index (χ0n) is 23.7. The number of carbonyl (C=O) groups is 3. The topological polar surface area (TPSA) is 119 Å². The molecular formula is C31H39ClO8. The number of ether oxygens (including phenoxy) is 3. The molecule has 2 bridgehead atoms. The number of carbonyl (C=O) groups excluding carboxylic acids is 3. The van der Waals surface area contributed by atoms with Crippen molar-refractivity contribution in [3.05, 3.63) is 47.0 Å². The van der Waals surface area contributed by atoms with Crippen molar-refractivity contribution in [3.8, 4) is 0 Å². The van der Waals surface area contributed by atoms with Crippen LogP contribution in [0.2, 0.25) is 5.02 Å². The van der Waals surface area contributed by atoms with Crippen LogP contribution in [0.15, 0.2) is 36.4 Å². The molecule has 0 amide bonds. The van der Waals surface area contributed by atoms with Crippen molar-refractivity contribution < 1.29 is 38.8 Å². The van der Waals surface area contributed by atoms with Crippen LogP contribution in [0.25, 0.3) is 0 Å². The summed E-state index contributed by atoms with van der Waals surface area (Å²) < 4.78 is 17.9. The van der Waals surface area contributed by atoms with Gasteiger partial charge in [0.05, 0.1) is 16.2 Å². The van der Waals surface area contributed by atoms with Gasteiger partial charge in [0.15, 0.2) is 0 Å². The van der Waals surface area contributed by atoms with Crippen LogP contribution in [0.1, 0.15) is 77.1 Å². The zero-order chi connectivity index (χ0) is 29.4. The lowest BCUT2D eigenvalue weighted by Gasteiger charge is -2.48. The van der Waals surface area contributed by atoms with Crippen molar-refractivity contribution in [1.29, 1.82) is 0 Å². The van der Waals surface area contributed by atoms with Gasteiger partial charge in [-0.25, -0.2) is 4.79 Å². The lowest BCUT2D eigenvalue weighted by atomic mass is 9.61. The number of hydrogen-bond donors (Lipinski definition) is 2. The van der Waals surface area contributed by atoms with Crippen molar-refractivity contribution in [2.24, 2.45) is 28.6 Å². The van der Waals surface area contributed by atoms with E-state index in [0.29, 0.717) is 19.3 Å². The van der Waals surface area contributed by atoms with Gasteiger partial charge in [-0.15, -0.1) is 0 Å². The van der Waals surface area contributed by atoms with E-state index in [0.717, 1.165) is 5.57 Å². The summed E-state index contributed by atoms with van der Waals surface area (Å²) >= 11 is 6.26. The molecule has 218 valence electrons. The summed E-state index contributed by atoms with van der Waals surface area (Å²) in [6, 6.07) is 6.62. The highest BCUT2D eigenvalue weighted by Gasteiger charge is 2.74. The molecule has 4 aliphatic carbocycles. The Morgan fingerprint density at radius 1 is 0.950 bits per heavy atom. The van der Waals surface area contributed by atoms with Gasteiger partial charge in [0.25, 0.3) is 0 Å². The van der Waals surface area contributed by atoms with E-state index in [1.54, 1.807) is 31.2 Å². The van der Waals surface area contributed by atoms with Crippen LogP contribution in [0.4, 0.5) is 0 Å². The molecule has 0 aromatic heterocycles. The highest BCUT2D eigenvalue weighted by Crippen LogP contribution is 2.70. The minimum absolute atomic E-state index is 0.169. The van der Waals surface area contributed by atoms with E-state index in [9.17, 15) is 24.6 Å². The molecule has 5 rings (SSSR count). The van der Waals surface area contributed by atoms with Gasteiger partial charge in [-0.3, -0.25) is 9.59 Å². The normalized spacial score (nSPS) is 41.4. The first-order valence-electron chi connectivity index (χ1n) is 14.0. The quantitative estimate of drug-likeness (QED) is 0.303. The predicted octanol–water partition coefficient (Wildman–Crippen LogP) is 4.63. The first-order valence-corrected chi connectivity index (χ1v) is 14.4. The van der Waals surface area contributed by atoms with Crippen LogP contribution in [0, 0.1) is 28.6 Å². The molecule has 0 aliphatic heterocycles. The lowest BCUT2D eigenvalue weighted by molar-refractivity contribution is -0.201. The Morgan fingerprint density at radius 3 is 2.23 bits per heavy atom. The molecule has 1 aromatic rings. The van der Waals surface area contributed by atoms with E-state index < -0.39 is 64.2 Å². The lowest BCUT2D eigenvalue weighted by Crippen LogP contribution is -2.58. The highest BCUT2D eigenvalue weighted by molar-refractivity contribution is 6.33. The molecule has 9 atom stereocenters. The SMILES string of the molecule is C=C1C2CCC3C(OC(C)=O)C2(CC(OC(C)=O)C2(O)C1CC(OC(=O)c1ccccc1Cl)C2(C)C)CC3(C)O. The van der Waals surface area contributed by atoms with E-state index in [2.05, 4.69) is 6.58 Å². The zero-order valence-corrected chi connectivity index (χ0v) is 24.5. The van der Waals surface area contributed by atoms with Crippen molar-refractivity contribution in [3.63, 3.8) is 0 Å². The van der Waals surface area contributed by atoms with Gasteiger partial charge in [-0.1, -0.05) is 49.7 Å². The van der Waals surface area contributed by atoms with Crippen LogP contribution >= 0.6 is 11.6 Å². The summed E-state index contributed by atoms with van der Waals surface area (Å²) in [7, 11) is 0. The third-order valence-electron chi connectivity index (χ3n) is 10.6. The monoisotopic (exact) mass is 574 g/mol. The minimum atomic E-state index is -1.65. The van der Waals surface area contributed by atoms with E-state index in [4.69, 9.17) is 25.8 Å². The summed E-state index contributed by atoms with van der Waals surface area (Å²) in [4.78, 5) is 38.0. The molecule has 0 heterocycles. The van der Waals surface area contributed by atoms with Gasteiger partial charge in [-0.2, -0.15) is 0 Å². The third-order valence-corrected chi connectivity index (χ3v) is 10.9. The van der Waals surface area contributed by atoms with Crippen molar-refractivity contribution >= 4 is 29.5 Å². The number of benzene rings is 1. The molecule has 9 heteroatoms. The number of fused-ring (bicyclic) bond motifs is 2. The van der Waals surface area contributed by atoms with Gasteiger partial charge in [0, 0.05) is 36.5 Å². The Labute approximate surface area is 240 Å². The molecule has 4 saturated carbocycles. The van der Waals surface area contributed by atoms with E-state index in [-0.39, 0.29) is 35.3 Å². The number of esters is 3. The largest absolute Gasteiger partial charge is 0.462 e. The fourth-order valence-corrected chi connectivity index (χ4v) is 9.08. The molecule has 2 N–H and O–H groups in total. The first-order chi connectivity index (χ1) is 18.6. The number of hydrogen-bond acceptors (Lipinski definition) is 8. The maximum absolute atomic E-state index is 13.2. The van der Waals surface area contributed by atoms with Crippen molar-refractivity contribution in [2.45, 2.75) is 96.2 Å². The Balaban J connectivity index is 1.59. The first kappa shape index (κ1) is 29.1. The van der Waals surface area contributed by atoms with E-state index in [1.807, 2.05) is 13.8 Å². The highest BCUT2D eigenvalue weighted by atomic mass is 35.5. The summed E-state index contributed by atoms with van der Waals surface area (Å²) in [6.07, 6.45) is -0.325. The predicted molar refractivity (Wildman–Crippen MR) is 146 cm³/mol. The number of aliphatic hydroxyl groups is 2. The van der Waals surface area contributed by atoms with Gasteiger partial charge < -0.3 is 24.4 Å². The Kier molecular flexibility index (Phi) is 6.96. The van der Waals surface area contributed by atoms with Gasteiger partial charge in [0.1, 0.15) is 23.9 Å². The second kappa shape index (κ2) is 9.57. The van der Waals surface area contributed by atoms with Crippen LogP contribution in [0.3, 0.4) is 0 Å². The molecular weight excluding hydrogens is 536 g/mol. The molecule has 0 saturated heterocycles. The van der Waals surface area contributed by atoms with E-state index >= 15 is 0 Å². The van der Waals surface area contributed by atoms with Gasteiger partial charge >= 0.3 is 17.9 Å². The molecule has 8 nitrogen and oxygen atoms in total. The minimum Gasteiger partial charge on any atom is -0.462 e. The molecule has 40 heavy (non-hydrogen) atoms. The summed E-state index contributed by atoms with van der Waals surface area (Å²) in [5.74, 6) is -2.70. The van der Waals surface area contributed by atoms with E-state index in [1.165, 1.54) is 13.8 Å². The summed E-state index contributed by atoms with van der Waals surface area (Å²) in [5.41, 5.74) is -3.65. The van der Waals surface area contributed by atoms with Crippen LogP contribution < -0.4 is 0 Å². The summed E-state index contributed by atoms with van der Waals surface area (Å²) in [6.45, 7) is 12.5. The Bertz CT molecular complexity index is 1260. The van der Waals surface area contributed by atoms with Crippen LogP contribution in [-0.2, 0) is 23.8 Å². The van der Waals surface area contributed by atoms with Gasteiger partial charge in [0.2, 0.25) is 0 Å². The van der Waals surface area contributed by atoms with Crippen LogP contribution in [-0.4, -0.2) is 57.6 Å². The Morgan fingerprint density at radius 2 is 1.60 bits per heavy atom. The molecule has 9 unspecified atom stereocenters. The molecule has 4 fully saturated rings. The average molecular weight is 575 g/mol. The number of rotatable bonds is 4. The van der Waals surface area contributed by atoms with Crippen molar-refractivity contribution in [2.75, 3.05) is 0 Å². The fraction of sp³-hybridized carbons (Fsp3) is 0.645. The average Bonchev–Trinajstić information content (AvgIpc) is 3.07. The fourth-order valence-electron chi connectivity index (χ4n) is 8.86. The maximum atomic E-state index is 13.2. The molecule has 1 spiro atoms. The molecule has 1 aromatic carbocycles. The van der Waals surface area contributed by atoms with Crippen molar-refractivity contribution in [1.82, 2.24) is 0 Å². The third kappa shape index (κ3) is 4.12. The smallest absolute Gasteiger partial charge is 0.339 e. The molecule has 4 aliphatic rings. The maximum Gasteiger partial charge on any atom is 0.339 e.